The summed E-state index contributed by atoms with van der Waals surface area (Å²) >= 11 is 0. The number of hydrogen-bond donors (Lipinski definition) is 2. The molecule has 1 heterocycles. The highest BCUT2D eigenvalue weighted by Gasteiger charge is 2.53. The highest BCUT2D eigenvalue weighted by atomic mass is 16.6. The number of hydrogen-bond acceptors (Lipinski definition) is 4. The molecule has 0 aromatic carbocycles. The molecule has 2 atom stereocenters. The molecule has 0 radical (unpaired) electrons. The van der Waals surface area contributed by atoms with Crippen LogP contribution in [0.4, 0.5) is 4.79 Å². The van der Waals surface area contributed by atoms with Crippen LogP contribution in [0.3, 0.4) is 0 Å². The number of aliphatic hydroxyl groups is 2. The van der Waals surface area contributed by atoms with E-state index >= 15 is 0 Å². The predicted molar refractivity (Wildman–Crippen MR) is 80.5 cm³/mol. The summed E-state index contributed by atoms with van der Waals surface area (Å²) in [5.41, 5.74) is 0.0861. The van der Waals surface area contributed by atoms with Gasteiger partial charge in [0, 0.05) is 13.2 Å². The van der Waals surface area contributed by atoms with Gasteiger partial charge < -0.3 is 14.9 Å². The third-order valence-electron chi connectivity index (χ3n) is 4.08. The summed E-state index contributed by atoms with van der Waals surface area (Å²) in [7, 11) is 0. The van der Waals surface area contributed by atoms with E-state index in [0.717, 1.165) is 5.57 Å². The molecule has 0 aromatic rings. The number of likely N-dealkylation sites (tertiary alicyclic amines) is 1. The molecule has 0 aliphatic carbocycles. The van der Waals surface area contributed by atoms with Gasteiger partial charge in [0.1, 0.15) is 6.61 Å². The van der Waals surface area contributed by atoms with Crippen LogP contribution in [0, 0.1) is 18.3 Å². The third kappa shape index (κ3) is 3.66. The molecule has 1 rings (SSSR count). The van der Waals surface area contributed by atoms with Gasteiger partial charge in [0.15, 0.2) is 0 Å². The van der Waals surface area contributed by atoms with Crippen LogP contribution in [-0.2, 0) is 4.74 Å². The minimum Gasteiger partial charge on any atom is -0.445 e. The molecule has 1 fully saturated rings. The molecule has 1 aliphatic heterocycles. The van der Waals surface area contributed by atoms with E-state index in [1.54, 1.807) is 12.2 Å². The summed E-state index contributed by atoms with van der Waals surface area (Å²) in [5, 5.41) is 18.7. The Morgan fingerprint density at radius 3 is 2.76 bits per heavy atom. The van der Waals surface area contributed by atoms with Crippen LogP contribution in [0.1, 0.15) is 20.3 Å². The first-order chi connectivity index (χ1) is 10.1. The number of carbonyl (C=O) groups excluding carboxylic acids is 1. The minimum atomic E-state index is -0.712. The Kier molecular flexibility index (Phi) is 6.47. The van der Waals surface area contributed by atoms with E-state index in [2.05, 4.69) is 5.92 Å². The lowest BCUT2D eigenvalue weighted by atomic mass is 9.73. The van der Waals surface area contributed by atoms with Crippen LogP contribution in [0.2, 0.25) is 0 Å². The Labute approximate surface area is 125 Å². The van der Waals surface area contributed by atoms with Crippen molar-refractivity contribution in [3.8, 4) is 12.3 Å². The predicted octanol–water partition coefficient (Wildman–Crippen LogP) is 1.32. The monoisotopic (exact) mass is 293 g/mol. The molecule has 0 saturated carbocycles. The summed E-state index contributed by atoms with van der Waals surface area (Å²) in [6, 6.07) is 0. The van der Waals surface area contributed by atoms with E-state index in [0.29, 0.717) is 13.0 Å². The second-order valence-electron chi connectivity index (χ2n) is 5.17. The fourth-order valence-corrected chi connectivity index (χ4v) is 2.54. The van der Waals surface area contributed by atoms with E-state index < -0.39 is 11.6 Å². The van der Waals surface area contributed by atoms with E-state index in [9.17, 15) is 9.90 Å². The van der Waals surface area contributed by atoms with Gasteiger partial charge in [0.25, 0.3) is 0 Å². The van der Waals surface area contributed by atoms with Crippen LogP contribution in [-0.4, -0.2) is 53.1 Å². The van der Waals surface area contributed by atoms with Gasteiger partial charge in [0.2, 0.25) is 0 Å². The van der Waals surface area contributed by atoms with E-state index in [1.807, 2.05) is 19.9 Å². The molecule has 5 nitrogen and oxygen atoms in total. The molecule has 0 spiro atoms. The first kappa shape index (κ1) is 17.3. The molecular weight excluding hydrogens is 270 g/mol. The number of allylic oxidation sites excluding steroid dienone is 2. The molecule has 116 valence electrons. The number of rotatable bonds is 6. The summed E-state index contributed by atoms with van der Waals surface area (Å²) in [6.45, 7) is 4.16. The topological polar surface area (TPSA) is 70.0 Å². The largest absolute Gasteiger partial charge is 0.445 e. The van der Waals surface area contributed by atoms with Crippen LogP contribution in [0.25, 0.3) is 0 Å². The van der Waals surface area contributed by atoms with Gasteiger partial charge in [-0.3, -0.25) is 4.90 Å². The number of ether oxygens (including phenoxy) is 1. The number of terminal acetylenes is 1. The van der Waals surface area contributed by atoms with Gasteiger partial charge in [-0.2, -0.15) is 0 Å². The maximum atomic E-state index is 12.1. The molecule has 1 saturated heterocycles. The van der Waals surface area contributed by atoms with Gasteiger partial charge in [-0.05, 0) is 37.0 Å². The van der Waals surface area contributed by atoms with E-state index in [-0.39, 0.29) is 25.7 Å². The van der Waals surface area contributed by atoms with Gasteiger partial charge in [-0.1, -0.05) is 18.9 Å². The maximum Gasteiger partial charge on any atom is 0.410 e. The maximum absolute atomic E-state index is 12.1. The van der Waals surface area contributed by atoms with Crippen LogP contribution in [0.15, 0.2) is 23.8 Å². The Morgan fingerprint density at radius 1 is 1.57 bits per heavy atom. The normalized spacial score (nSPS) is 25.6. The van der Waals surface area contributed by atoms with E-state index in [1.165, 1.54) is 4.90 Å². The molecule has 21 heavy (non-hydrogen) atoms. The highest BCUT2D eigenvalue weighted by molar-refractivity contribution is 5.70. The number of nitrogens with zero attached hydrogens (tertiary/aromatic N) is 1. The van der Waals surface area contributed by atoms with Gasteiger partial charge in [-0.25, -0.2) is 4.79 Å². The lowest BCUT2D eigenvalue weighted by Crippen LogP contribution is -2.70. The van der Waals surface area contributed by atoms with E-state index in [4.69, 9.17) is 16.3 Å². The summed E-state index contributed by atoms with van der Waals surface area (Å²) in [6.07, 6.45) is 10.1. The smallest absolute Gasteiger partial charge is 0.410 e. The summed E-state index contributed by atoms with van der Waals surface area (Å²) < 4.78 is 5.25. The standard InChI is InChI=1S/C16H23NO4/c1-4-6-7-14(5-2)11-21-15(20)17-10-13(3)16(17,12-19)8-9-18/h1,5-7,13,18-19H,8-12H2,2-3H3/b7-6-,14-5+/t13-,16-/m0/s1. The Hall–Kier alpha value is -1.77. The SMILES string of the molecule is C#C/C=C\C(=C/C)COC(=O)N1C[C@H](C)[C@@]1(CO)CCO. The van der Waals surface area contributed by atoms with Gasteiger partial charge in [0.05, 0.1) is 12.1 Å². The zero-order valence-corrected chi connectivity index (χ0v) is 12.6. The first-order valence-corrected chi connectivity index (χ1v) is 6.99. The van der Waals surface area contributed by atoms with Crippen molar-refractivity contribution in [2.75, 3.05) is 26.4 Å². The number of carbonyl (C=O) groups is 1. The second kappa shape index (κ2) is 7.87. The average Bonchev–Trinajstić information content (AvgIpc) is 2.49. The second-order valence-corrected chi connectivity index (χ2v) is 5.17. The van der Waals surface area contributed by atoms with Crippen molar-refractivity contribution in [1.29, 1.82) is 0 Å². The van der Waals surface area contributed by atoms with Crippen molar-refractivity contribution < 1.29 is 19.7 Å². The minimum absolute atomic E-state index is 0.0836. The van der Waals surface area contributed by atoms with Gasteiger partial charge >= 0.3 is 6.09 Å². The van der Waals surface area contributed by atoms with Crippen molar-refractivity contribution in [3.63, 3.8) is 0 Å². The zero-order valence-electron chi connectivity index (χ0n) is 12.6. The first-order valence-electron chi connectivity index (χ1n) is 6.99. The molecule has 0 unspecified atom stereocenters. The molecule has 2 N–H and O–H groups in total. The molecule has 0 aromatic heterocycles. The Morgan fingerprint density at radius 2 is 2.29 bits per heavy atom. The van der Waals surface area contributed by atoms with Crippen LogP contribution >= 0.6 is 0 Å². The van der Waals surface area contributed by atoms with Crippen LogP contribution in [0.5, 0.6) is 0 Å². The van der Waals surface area contributed by atoms with Crippen molar-refractivity contribution in [3.05, 3.63) is 23.8 Å². The summed E-state index contributed by atoms with van der Waals surface area (Å²) in [4.78, 5) is 13.6. The van der Waals surface area contributed by atoms with Crippen molar-refractivity contribution in [2.24, 2.45) is 5.92 Å². The fraction of sp³-hybridized carbons (Fsp3) is 0.562. The van der Waals surface area contributed by atoms with Crippen LogP contribution < -0.4 is 0 Å². The quantitative estimate of drug-likeness (QED) is 0.572. The molecular formula is C16H23NO4. The van der Waals surface area contributed by atoms with Crippen molar-refractivity contribution in [1.82, 2.24) is 4.90 Å². The molecule has 0 bridgehead atoms. The third-order valence-corrected chi connectivity index (χ3v) is 4.08. The zero-order chi connectivity index (χ0) is 15.9. The number of aliphatic hydroxyl groups excluding tert-OH is 2. The average molecular weight is 293 g/mol. The lowest BCUT2D eigenvalue weighted by Gasteiger charge is -2.56. The Balaban J connectivity index is 2.64. The molecule has 1 aliphatic rings. The van der Waals surface area contributed by atoms with Crippen molar-refractivity contribution in [2.45, 2.75) is 25.8 Å². The molecule has 1 amide bonds. The highest BCUT2D eigenvalue weighted by Crippen LogP contribution is 2.39. The number of amides is 1. The van der Waals surface area contributed by atoms with Gasteiger partial charge in [-0.15, -0.1) is 6.42 Å². The lowest BCUT2D eigenvalue weighted by molar-refractivity contribution is -0.0997. The van der Waals surface area contributed by atoms with Crippen molar-refractivity contribution >= 4 is 6.09 Å². The fourth-order valence-electron chi connectivity index (χ4n) is 2.54. The molecule has 5 heteroatoms. The Bertz CT molecular complexity index is 463. The summed E-state index contributed by atoms with van der Waals surface area (Å²) in [5.74, 6) is 2.51.